The Morgan fingerprint density at radius 3 is 2.17 bits per heavy atom. The van der Waals surface area contributed by atoms with E-state index in [9.17, 15) is 0 Å². The lowest BCUT2D eigenvalue weighted by atomic mass is 9.93. The third kappa shape index (κ3) is 3.82. The monoisotopic (exact) mass is 322 g/mol. The van der Waals surface area contributed by atoms with Crippen molar-refractivity contribution >= 4 is 11.6 Å². The molecule has 23 heavy (non-hydrogen) atoms. The molecule has 3 rings (SSSR count). The van der Waals surface area contributed by atoms with Gasteiger partial charge in [-0.05, 0) is 52.4 Å². The minimum Gasteiger partial charge on any atom is -0.384 e. The molecule has 3 aromatic carbocycles. The van der Waals surface area contributed by atoms with Crippen LogP contribution in [0.3, 0.4) is 0 Å². The fourth-order valence-corrected chi connectivity index (χ4v) is 2.84. The first-order chi connectivity index (χ1) is 11.3. The van der Waals surface area contributed by atoms with Crippen LogP contribution in [0.1, 0.15) is 5.56 Å². The summed E-state index contributed by atoms with van der Waals surface area (Å²) < 4.78 is 5.25. The summed E-state index contributed by atoms with van der Waals surface area (Å²) in [5.41, 5.74) is 6.16. The highest BCUT2D eigenvalue weighted by atomic mass is 35.5. The Balaban J connectivity index is 2.05. The van der Waals surface area contributed by atoms with Gasteiger partial charge >= 0.3 is 0 Å². The van der Waals surface area contributed by atoms with E-state index in [1.807, 2.05) is 18.2 Å². The standard InChI is InChI=1S/C21H19ClO/c1-23-14-13-18-7-8-19(16-9-11-20(22)12-10-16)15-21(18)17-5-3-2-4-6-17/h2-12,15H,13-14H2,1H3. The highest BCUT2D eigenvalue weighted by Gasteiger charge is 2.08. The molecule has 1 nitrogen and oxygen atoms in total. The second-order valence-electron chi connectivity index (χ2n) is 5.49. The SMILES string of the molecule is COCCc1ccc(-c2ccc(Cl)cc2)cc1-c1ccccc1. The van der Waals surface area contributed by atoms with Crippen LogP contribution in [0.5, 0.6) is 0 Å². The van der Waals surface area contributed by atoms with Crippen LogP contribution in [0, 0.1) is 0 Å². The maximum absolute atomic E-state index is 5.99. The van der Waals surface area contributed by atoms with E-state index in [0.29, 0.717) is 0 Å². The third-order valence-corrected chi connectivity index (χ3v) is 4.20. The molecule has 2 heteroatoms. The first-order valence-electron chi connectivity index (χ1n) is 7.71. The molecule has 0 amide bonds. The Kier molecular flexibility index (Phi) is 5.12. The Labute approximate surface area is 142 Å². The number of hydrogen-bond donors (Lipinski definition) is 0. The third-order valence-electron chi connectivity index (χ3n) is 3.95. The van der Waals surface area contributed by atoms with Crippen molar-refractivity contribution in [1.29, 1.82) is 0 Å². The zero-order valence-electron chi connectivity index (χ0n) is 13.1. The van der Waals surface area contributed by atoms with Crippen LogP contribution in [0.2, 0.25) is 5.02 Å². The first-order valence-corrected chi connectivity index (χ1v) is 8.09. The summed E-state index contributed by atoms with van der Waals surface area (Å²) >= 11 is 5.99. The van der Waals surface area contributed by atoms with Gasteiger partial charge in [-0.15, -0.1) is 0 Å². The fraction of sp³-hybridized carbons (Fsp3) is 0.143. The van der Waals surface area contributed by atoms with E-state index < -0.39 is 0 Å². The zero-order valence-corrected chi connectivity index (χ0v) is 13.9. The van der Waals surface area contributed by atoms with Gasteiger partial charge in [0.15, 0.2) is 0 Å². The summed E-state index contributed by atoms with van der Waals surface area (Å²) in [6.45, 7) is 0.722. The van der Waals surface area contributed by atoms with Crippen LogP contribution in [-0.4, -0.2) is 13.7 Å². The predicted molar refractivity (Wildman–Crippen MR) is 97.9 cm³/mol. The van der Waals surface area contributed by atoms with Crippen molar-refractivity contribution in [1.82, 2.24) is 0 Å². The van der Waals surface area contributed by atoms with Crippen LogP contribution in [0.25, 0.3) is 22.3 Å². The smallest absolute Gasteiger partial charge is 0.0502 e. The van der Waals surface area contributed by atoms with Crippen molar-refractivity contribution in [3.05, 3.63) is 83.4 Å². The van der Waals surface area contributed by atoms with E-state index in [-0.39, 0.29) is 0 Å². The molecule has 3 aromatic rings. The Bertz CT molecular complexity index is 764. The topological polar surface area (TPSA) is 9.23 Å². The lowest BCUT2D eigenvalue weighted by Crippen LogP contribution is -1.97. The maximum Gasteiger partial charge on any atom is 0.0502 e. The van der Waals surface area contributed by atoms with Crippen LogP contribution in [0.15, 0.2) is 72.8 Å². The Morgan fingerprint density at radius 1 is 0.783 bits per heavy atom. The van der Waals surface area contributed by atoms with E-state index in [4.69, 9.17) is 16.3 Å². The molecule has 0 aromatic heterocycles. The van der Waals surface area contributed by atoms with Gasteiger partial charge in [-0.3, -0.25) is 0 Å². The van der Waals surface area contributed by atoms with E-state index >= 15 is 0 Å². The minimum atomic E-state index is 0.722. The summed E-state index contributed by atoms with van der Waals surface area (Å²) in [6, 6.07) is 25.1. The van der Waals surface area contributed by atoms with Crippen molar-refractivity contribution in [2.75, 3.05) is 13.7 Å². The van der Waals surface area contributed by atoms with Gasteiger partial charge < -0.3 is 4.74 Å². The number of benzene rings is 3. The molecule has 0 N–H and O–H groups in total. The molecule has 0 saturated carbocycles. The average molecular weight is 323 g/mol. The van der Waals surface area contributed by atoms with E-state index in [1.165, 1.54) is 27.8 Å². The first kappa shape index (κ1) is 15.8. The number of methoxy groups -OCH3 is 1. The summed E-state index contributed by atoms with van der Waals surface area (Å²) in [6.07, 6.45) is 0.904. The Morgan fingerprint density at radius 2 is 1.48 bits per heavy atom. The van der Waals surface area contributed by atoms with Crippen molar-refractivity contribution in [3.8, 4) is 22.3 Å². The molecule has 0 fully saturated rings. The quantitative estimate of drug-likeness (QED) is 0.571. The van der Waals surface area contributed by atoms with Gasteiger partial charge in [0.1, 0.15) is 0 Å². The number of rotatable bonds is 5. The number of ether oxygens (including phenoxy) is 1. The Hall–Kier alpha value is -2.09. The molecule has 0 aliphatic heterocycles. The molecule has 116 valence electrons. The van der Waals surface area contributed by atoms with Crippen molar-refractivity contribution < 1.29 is 4.74 Å². The lowest BCUT2D eigenvalue weighted by molar-refractivity contribution is 0.202. The van der Waals surface area contributed by atoms with Crippen LogP contribution < -0.4 is 0 Å². The highest BCUT2D eigenvalue weighted by molar-refractivity contribution is 6.30. The van der Waals surface area contributed by atoms with Gasteiger partial charge in [-0.2, -0.15) is 0 Å². The molecule has 0 spiro atoms. The van der Waals surface area contributed by atoms with Crippen LogP contribution in [0.4, 0.5) is 0 Å². The molecule has 0 aliphatic rings. The van der Waals surface area contributed by atoms with Gasteiger partial charge in [0.2, 0.25) is 0 Å². The second-order valence-corrected chi connectivity index (χ2v) is 5.92. The zero-order chi connectivity index (χ0) is 16.1. The number of halogens is 1. The predicted octanol–water partition coefficient (Wildman–Crippen LogP) is 5.86. The van der Waals surface area contributed by atoms with Crippen LogP contribution in [-0.2, 0) is 11.2 Å². The summed E-state index contributed by atoms with van der Waals surface area (Å²) in [4.78, 5) is 0. The van der Waals surface area contributed by atoms with E-state index in [1.54, 1.807) is 7.11 Å². The second kappa shape index (κ2) is 7.45. The molecule has 0 radical (unpaired) electrons. The van der Waals surface area contributed by atoms with E-state index in [2.05, 4.69) is 54.6 Å². The summed E-state index contributed by atoms with van der Waals surface area (Å²) in [5.74, 6) is 0. The van der Waals surface area contributed by atoms with Gasteiger partial charge in [0.05, 0.1) is 6.61 Å². The van der Waals surface area contributed by atoms with Crippen molar-refractivity contribution in [2.24, 2.45) is 0 Å². The molecule has 0 heterocycles. The summed E-state index contributed by atoms with van der Waals surface area (Å²) in [7, 11) is 1.74. The lowest BCUT2D eigenvalue weighted by Gasteiger charge is -2.12. The molecular formula is C21H19ClO. The molecule has 0 aliphatic carbocycles. The number of hydrogen-bond acceptors (Lipinski definition) is 1. The van der Waals surface area contributed by atoms with Crippen molar-refractivity contribution in [2.45, 2.75) is 6.42 Å². The molecule has 0 bridgehead atoms. The average Bonchev–Trinajstić information content (AvgIpc) is 2.61. The molecular weight excluding hydrogens is 304 g/mol. The van der Waals surface area contributed by atoms with Crippen molar-refractivity contribution in [3.63, 3.8) is 0 Å². The van der Waals surface area contributed by atoms with E-state index in [0.717, 1.165) is 18.1 Å². The van der Waals surface area contributed by atoms with Gasteiger partial charge in [0, 0.05) is 12.1 Å². The molecule has 0 saturated heterocycles. The fourth-order valence-electron chi connectivity index (χ4n) is 2.71. The van der Waals surface area contributed by atoms with Gasteiger partial charge in [0.25, 0.3) is 0 Å². The maximum atomic E-state index is 5.99. The van der Waals surface area contributed by atoms with Gasteiger partial charge in [-0.1, -0.05) is 66.2 Å². The van der Waals surface area contributed by atoms with Gasteiger partial charge in [-0.25, -0.2) is 0 Å². The largest absolute Gasteiger partial charge is 0.384 e. The summed E-state index contributed by atoms with van der Waals surface area (Å²) in [5, 5.41) is 0.758. The van der Waals surface area contributed by atoms with Crippen LogP contribution >= 0.6 is 11.6 Å². The highest BCUT2D eigenvalue weighted by Crippen LogP contribution is 2.30. The molecule has 0 unspecified atom stereocenters. The normalized spacial score (nSPS) is 10.7. The minimum absolute atomic E-state index is 0.722. The molecule has 0 atom stereocenters.